The van der Waals surface area contributed by atoms with Crippen molar-refractivity contribution in [3.63, 3.8) is 0 Å². The van der Waals surface area contributed by atoms with Crippen LogP contribution in [0.25, 0.3) is 0 Å². The maximum atomic E-state index is 9.81. The van der Waals surface area contributed by atoms with Crippen LogP contribution in [0.4, 0.5) is 0 Å². The van der Waals surface area contributed by atoms with Crippen molar-refractivity contribution in [3.05, 3.63) is 24.3 Å². The molecule has 0 aliphatic heterocycles. The normalized spacial score (nSPS) is 11.7. The molecule has 0 bridgehead atoms. The van der Waals surface area contributed by atoms with E-state index in [1.54, 1.807) is 18.9 Å². The van der Waals surface area contributed by atoms with Gasteiger partial charge in [0.2, 0.25) is 0 Å². The molecule has 110 valence electrons. The Morgan fingerprint density at radius 1 is 1.40 bits per heavy atom. The van der Waals surface area contributed by atoms with Gasteiger partial charge in [0.25, 0.3) is 0 Å². The zero-order chi connectivity index (χ0) is 14.6. The summed E-state index contributed by atoms with van der Waals surface area (Å²) in [6, 6.07) is 7.38. The van der Waals surface area contributed by atoms with Crippen molar-refractivity contribution in [3.8, 4) is 23.8 Å². The highest BCUT2D eigenvalue weighted by molar-refractivity contribution is 7.99. The minimum atomic E-state index is -0.558. The number of nitrogens with one attached hydrogen (secondary N) is 1. The summed E-state index contributed by atoms with van der Waals surface area (Å²) in [5.74, 6) is 5.53. The fraction of sp³-hybridized carbons (Fsp3) is 0.467. The third kappa shape index (κ3) is 6.71. The summed E-state index contributed by atoms with van der Waals surface area (Å²) in [6.45, 7) is 1.54. The fourth-order valence-electron chi connectivity index (χ4n) is 1.53. The Morgan fingerprint density at radius 2 is 2.15 bits per heavy atom. The van der Waals surface area contributed by atoms with E-state index < -0.39 is 6.10 Å². The van der Waals surface area contributed by atoms with Gasteiger partial charge < -0.3 is 19.9 Å². The van der Waals surface area contributed by atoms with Crippen molar-refractivity contribution in [2.24, 2.45) is 0 Å². The van der Waals surface area contributed by atoms with Crippen LogP contribution in [-0.2, 0) is 0 Å². The second-order valence-corrected chi connectivity index (χ2v) is 5.18. The quantitative estimate of drug-likeness (QED) is 0.505. The van der Waals surface area contributed by atoms with Gasteiger partial charge in [-0.25, -0.2) is 0 Å². The second-order valence-electron chi connectivity index (χ2n) is 4.08. The lowest BCUT2D eigenvalue weighted by atomic mass is 10.3. The SMILES string of the molecule is C#CCSCCNCC(O)COc1ccccc1OC. The molecule has 0 saturated heterocycles. The van der Waals surface area contributed by atoms with Gasteiger partial charge in [-0.3, -0.25) is 0 Å². The first-order valence-corrected chi connectivity index (χ1v) is 7.59. The second kappa shape index (κ2) is 10.4. The van der Waals surface area contributed by atoms with Crippen LogP contribution in [0.15, 0.2) is 24.3 Å². The van der Waals surface area contributed by atoms with Crippen LogP contribution in [-0.4, -0.2) is 49.5 Å². The van der Waals surface area contributed by atoms with Crippen LogP contribution in [0.5, 0.6) is 11.5 Å². The molecule has 0 aromatic heterocycles. The Bertz CT molecular complexity index is 420. The maximum Gasteiger partial charge on any atom is 0.161 e. The third-order valence-corrected chi connectivity index (χ3v) is 3.35. The van der Waals surface area contributed by atoms with Crippen molar-refractivity contribution in [1.29, 1.82) is 0 Å². The Balaban J connectivity index is 2.16. The molecule has 0 saturated carbocycles. The number of benzene rings is 1. The molecule has 2 N–H and O–H groups in total. The van der Waals surface area contributed by atoms with E-state index in [1.165, 1.54) is 0 Å². The number of hydrogen-bond acceptors (Lipinski definition) is 5. The maximum absolute atomic E-state index is 9.81. The average Bonchev–Trinajstić information content (AvgIpc) is 2.49. The van der Waals surface area contributed by atoms with Crippen LogP contribution in [0, 0.1) is 12.3 Å². The van der Waals surface area contributed by atoms with Crippen molar-refractivity contribution >= 4 is 11.8 Å². The molecular formula is C15H21NO3S. The van der Waals surface area contributed by atoms with Gasteiger partial charge in [-0.05, 0) is 12.1 Å². The molecule has 1 aromatic carbocycles. The van der Waals surface area contributed by atoms with E-state index in [-0.39, 0.29) is 6.61 Å². The standard InChI is InChI=1S/C15H21NO3S/c1-3-9-20-10-8-16-11-13(17)12-19-15-7-5-4-6-14(15)18-2/h1,4-7,13,16-17H,8-12H2,2H3. The Morgan fingerprint density at radius 3 is 2.85 bits per heavy atom. The van der Waals surface area contributed by atoms with E-state index in [0.29, 0.717) is 18.0 Å². The van der Waals surface area contributed by atoms with E-state index in [9.17, 15) is 5.11 Å². The van der Waals surface area contributed by atoms with E-state index in [2.05, 4.69) is 11.2 Å². The Labute approximate surface area is 124 Å². The summed E-state index contributed by atoms with van der Waals surface area (Å²) >= 11 is 1.69. The largest absolute Gasteiger partial charge is 0.493 e. The lowest BCUT2D eigenvalue weighted by Gasteiger charge is -2.14. The monoisotopic (exact) mass is 295 g/mol. The highest BCUT2D eigenvalue weighted by Crippen LogP contribution is 2.25. The Kier molecular flexibility index (Phi) is 8.72. The van der Waals surface area contributed by atoms with Crippen molar-refractivity contribution in [2.75, 3.05) is 38.3 Å². The van der Waals surface area contributed by atoms with Gasteiger partial charge in [-0.2, -0.15) is 0 Å². The molecule has 0 radical (unpaired) electrons. The molecule has 20 heavy (non-hydrogen) atoms. The smallest absolute Gasteiger partial charge is 0.161 e. The van der Waals surface area contributed by atoms with Crippen LogP contribution in [0.2, 0.25) is 0 Å². The van der Waals surface area contributed by atoms with E-state index in [1.807, 2.05) is 24.3 Å². The number of terminal acetylenes is 1. The molecule has 0 aliphatic rings. The van der Waals surface area contributed by atoms with Gasteiger partial charge >= 0.3 is 0 Å². The molecule has 0 spiro atoms. The summed E-state index contributed by atoms with van der Waals surface area (Å²) in [5, 5.41) is 13.0. The highest BCUT2D eigenvalue weighted by Gasteiger charge is 2.07. The molecule has 0 amide bonds. The first-order chi connectivity index (χ1) is 9.77. The predicted octanol–water partition coefficient (Wildman–Crippen LogP) is 1.39. The molecule has 0 aliphatic carbocycles. The molecule has 1 unspecified atom stereocenters. The van der Waals surface area contributed by atoms with Crippen molar-refractivity contribution in [2.45, 2.75) is 6.10 Å². The van der Waals surface area contributed by atoms with Crippen molar-refractivity contribution in [1.82, 2.24) is 5.32 Å². The predicted molar refractivity (Wildman–Crippen MR) is 83.5 cm³/mol. The zero-order valence-corrected chi connectivity index (χ0v) is 12.5. The molecule has 0 heterocycles. The molecule has 4 nitrogen and oxygen atoms in total. The van der Waals surface area contributed by atoms with Gasteiger partial charge in [0, 0.05) is 18.8 Å². The van der Waals surface area contributed by atoms with Gasteiger partial charge in [0.15, 0.2) is 11.5 Å². The minimum Gasteiger partial charge on any atom is -0.493 e. The Hall–Kier alpha value is -1.35. The summed E-state index contributed by atoms with van der Waals surface area (Å²) in [5.41, 5.74) is 0. The van der Waals surface area contributed by atoms with Crippen LogP contribution >= 0.6 is 11.8 Å². The third-order valence-electron chi connectivity index (χ3n) is 2.49. The van der Waals surface area contributed by atoms with Crippen LogP contribution in [0.1, 0.15) is 0 Å². The topological polar surface area (TPSA) is 50.7 Å². The fourth-order valence-corrected chi connectivity index (χ4v) is 2.08. The summed E-state index contributed by atoms with van der Waals surface area (Å²) in [6.07, 6.45) is 4.59. The summed E-state index contributed by atoms with van der Waals surface area (Å²) in [4.78, 5) is 0. The molecule has 1 atom stereocenters. The van der Waals surface area contributed by atoms with Crippen LogP contribution in [0.3, 0.4) is 0 Å². The van der Waals surface area contributed by atoms with E-state index in [4.69, 9.17) is 15.9 Å². The first kappa shape index (κ1) is 16.7. The van der Waals surface area contributed by atoms with E-state index in [0.717, 1.165) is 18.1 Å². The van der Waals surface area contributed by atoms with Gasteiger partial charge in [-0.15, -0.1) is 18.2 Å². The number of ether oxygens (including phenoxy) is 2. The summed E-state index contributed by atoms with van der Waals surface area (Å²) < 4.78 is 10.7. The molecule has 1 aromatic rings. The molecule has 1 rings (SSSR count). The minimum absolute atomic E-state index is 0.227. The lowest BCUT2D eigenvalue weighted by Crippen LogP contribution is -2.32. The van der Waals surface area contributed by atoms with Gasteiger partial charge in [-0.1, -0.05) is 18.1 Å². The molecule has 5 heteroatoms. The highest BCUT2D eigenvalue weighted by atomic mass is 32.2. The number of aliphatic hydroxyl groups excluding tert-OH is 1. The van der Waals surface area contributed by atoms with Crippen molar-refractivity contribution < 1.29 is 14.6 Å². The summed E-state index contributed by atoms with van der Waals surface area (Å²) in [7, 11) is 1.59. The van der Waals surface area contributed by atoms with Gasteiger partial charge in [0.05, 0.1) is 12.9 Å². The zero-order valence-electron chi connectivity index (χ0n) is 11.7. The number of para-hydroxylation sites is 2. The first-order valence-electron chi connectivity index (χ1n) is 6.43. The van der Waals surface area contributed by atoms with Gasteiger partial charge in [0.1, 0.15) is 12.7 Å². The molecule has 0 fully saturated rings. The molecular weight excluding hydrogens is 274 g/mol. The van der Waals surface area contributed by atoms with Crippen LogP contribution < -0.4 is 14.8 Å². The number of rotatable bonds is 10. The number of methoxy groups -OCH3 is 1. The average molecular weight is 295 g/mol. The number of aliphatic hydroxyl groups is 1. The number of hydrogen-bond donors (Lipinski definition) is 2. The number of thioether (sulfide) groups is 1. The lowest BCUT2D eigenvalue weighted by molar-refractivity contribution is 0.105. The van der Waals surface area contributed by atoms with E-state index >= 15 is 0 Å².